The number of piperidine rings is 1. The van der Waals surface area contributed by atoms with Crippen molar-refractivity contribution < 1.29 is 53.8 Å². The largest absolute Gasteiger partial charge is 0.507 e. The van der Waals surface area contributed by atoms with Crippen molar-refractivity contribution in [1.82, 2.24) is 4.90 Å². The van der Waals surface area contributed by atoms with E-state index in [1.165, 1.54) is 27.2 Å². The molecule has 4 aliphatic rings. The molecule has 6 rings (SSSR count). The van der Waals surface area contributed by atoms with Gasteiger partial charge >= 0.3 is 11.8 Å². The third-order valence-corrected chi connectivity index (χ3v) is 13.2. The maximum Gasteiger partial charge on any atom is 0.312 e. The number of carbonyl (C=O) groups excluding carboxylic acids is 3. The first kappa shape index (κ1) is 45.9. The van der Waals surface area contributed by atoms with Crippen molar-refractivity contribution in [3.05, 3.63) is 45.8 Å². The number of phenols is 2. The molecule has 4 heterocycles. The van der Waals surface area contributed by atoms with Crippen LogP contribution in [-0.2, 0) is 23.8 Å². The lowest BCUT2D eigenvalue weighted by Crippen LogP contribution is -2.46. The van der Waals surface area contributed by atoms with Gasteiger partial charge in [-0.25, -0.2) is 0 Å². The molecule has 1 spiro atoms. The number of hydrogen-bond donors (Lipinski definition) is 5. The highest BCUT2D eigenvalue weighted by molar-refractivity contribution is 6.19. The number of Topliss-reactive ketones (excluding diaryl/α,β-unsaturated/α-hetero) is 1. The van der Waals surface area contributed by atoms with Crippen molar-refractivity contribution in [3.8, 4) is 17.2 Å². The maximum absolute atomic E-state index is 14.7. The second-order valence-electron chi connectivity index (χ2n) is 18.3. The van der Waals surface area contributed by atoms with Crippen molar-refractivity contribution >= 4 is 34.1 Å². The number of aromatic hydroxyl groups is 2. The Labute approximate surface area is 357 Å². The zero-order valence-corrected chi connectivity index (χ0v) is 37.4. The van der Waals surface area contributed by atoms with Crippen LogP contribution in [0.25, 0.3) is 10.8 Å². The van der Waals surface area contributed by atoms with Crippen molar-refractivity contribution in [2.45, 2.75) is 131 Å². The predicted molar refractivity (Wildman–Crippen MR) is 228 cm³/mol. The van der Waals surface area contributed by atoms with Gasteiger partial charge in [-0.15, -0.1) is 0 Å². The summed E-state index contributed by atoms with van der Waals surface area (Å²) in [7, 11) is 1.47. The van der Waals surface area contributed by atoms with E-state index in [1.54, 1.807) is 46.8 Å². The number of esters is 1. The molecule has 0 aromatic heterocycles. The van der Waals surface area contributed by atoms with Crippen molar-refractivity contribution in [2.24, 2.45) is 39.6 Å². The summed E-state index contributed by atoms with van der Waals surface area (Å²) >= 11 is 0. The summed E-state index contributed by atoms with van der Waals surface area (Å²) in [6.07, 6.45) is 2.94. The number of hydrogen-bond acceptors (Lipinski definition) is 14. The summed E-state index contributed by atoms with van der Waals surface area (Å²) in [5.74, 6) is -6.06. The first-order valence-electron chi connectivity index (χ1n) is 21.5. The molecule has 1 amide bonds. The van der Waals surface area contributed by atoms with Gasteiger partial charge in [0.25, 0.3) is 11.7 Å². The average molecular weight is 849 g/mol. The fraction of sp³-hybridized carbons (Fsp3) is 0.630. The number of allylic oxidation sites excluding steroid dienone is 1. The lowest BCUT2D eigenvalue weighted by molar-refractivity contribution is -0.160. The molecule has 2 aromatic carbocycles. The van der Waals surface area contributed by atoms with Crippen molar-refractivity contribution in [2.75, 3.05) is 32.1 Å². The number of carbonyl (C=O) groups is 3. The molecule has 0 radical (unpaired) electrons. The number of rotatable bonds is 4. The van der Waals surface area contributed by atoms with Gasteiger partial charge < -0.3 is 49.6 Å². The standard InChI is InChI=1S/C46H64N4O11/c1-22(2)21-50-18-16-46(17-19-50)48-34-31-32-39(54)28(8)42-33(31)43(56)45(10,61-42)59-20-15-30(58-11)25(5)41(60-29(9)51)27(7)38(53)26(6)37(52)23(3)13-12-14-24(4)44(57)47-36(40(32)55)35(34)49-46/h14-15,20,22-23,25-27,30,37-38,41,52-55H,12-13,16-19,21H2,1-11H3,(H,47,57)/b20-15+,24-14-/t23-,25+,26+,27+,30-,37-,38+,41+,45-/m0/s1. The number of amides is 1. The van der Waals surface area contributed by atoms with E-state index in [0.717, 1.165) is 6.54 Å². The number of phenolic OH excluding ortho intramolecular Hbond substituents is 2. The molecule has 15 nitrogen and oxygen atoms in total. The molecule has 15 heteroatoms. The van der Waals surface area contributed by atoms with Gasteiger partial charge in [-0.1, -0.05) is 47.6 Å². The molecule has 2 aromatic rings. The molecule has 9 atom stereocenters. The number of ether oxygens (including phenoxy) is 4. The minimum absolute atomic E-state index is 0.0320. The second kappa shape index (κ2) is 17.7. The molecule has 5 N–H and O–H groups in total. The van der Waals surface area contributed by atoms with Gasteiger partial charge in [-0.2, -0.15) is 0 Å². The SMILES string of the molecule is CO[C@H]1/C=C/O[C@@]2(C)Oc3c(C)c(O)c4c(O)c(c5c(c4c3C2=O)=NC2(CCN(CC(C)C)CC2)N=5)NC(=O)/C(C)=C\CC[C@H](C)[C@H](O)[C@@H](C)[C@@H](O)[C@@H](C)[C@H](OC(C)=O)[C@@H]1C. The van der Waals surface area contributed by atoms with Gasteiger partial charge in [0.1, 0.15) is 28.6 Å². The molecule has 4 aliphatic heterocycles. The summed E-state index contributed by atoms with van der Waals surface area (Å²) in [6, 6.07) is 0. The van der Waals surface area contributed by atoms with E-state index in [1.807, 2.05) is 6.92 Å². The smallest absolute Gasteiger partial charge is 0.312 e. The summed E-state index contributed by atoms with van der Waals surface area (Å²) < 4.78 is 24.0. The normalized spacial score (nSPS) is 32.4. The van der Waals surface area contributed by atoms with Gasteiger partial charge in [0.05, 0.1) is 40.9 Å². The lowest BCUT2D eigenvalue weighted by Gasteiger charge is -2.38. The van der Waals surface area contributed by atoms with E-state index in [4.69, 9.17) is 28.9 Å². The number of aliphatic hydroxyl groups excluding tert-OH is 2. The Balaban J connectivity index is 1.52. The molecular formula is C46H64N4O11. The maximum atomic E-state index is 14.7. The van der Waals surface area contributed by atoms with Crippen LogP contribution in [0.2, 0.25) is 0 Å². The van der Waals surface area contributed by atoms with Crippen LogP contribution < -0.4 is 20.8 Å². The van der Waals surface area contributed by atoms with Crippen LogP contribution in [0, 0.1) is 36.5 Å². The molecule has 4 bridgehead atoms. The number of fused-ring (bicyclic) bond motifs is 1. The third kappa shape index (κ3) is 8.63. The minimum Gasteiger partial charge on any atom is -0.507 e. The number of likely N-dealkylation sites (tertiary alicyclic amines) is 1. The Kier molecular flexibility index (Phi) is 13.3. The zero-order valence-electron chi connectivity index (χ0n) is 37.4. The molecule has 61 heavy (non-hydrogen) atoms. The van der Waals surface area contributed by atoms with Crippen LogP contribution in [0.1, 0.15) is 104 Å². The van der Waals surface area contributed by atoms with Gasteiger partial charge in [-0.05, 0) is 44.6 Å². The summed E-state index contributed by atoms with van der Waals surface area (Å²) in [6.45, 7) is 19.8. The summed E-state index contributed by atoms with van der Waals surface area (Å²) in [5, 5.41) is 50.4. The molecule has 0 unspecified atom stereocenters. The van der Waals surface area contributed by atoms with E-state index in [-0.39, 0.29) is 55.7 Å². The average Bonchev–Trinajstić information content (AvgIpc) is 3.71. The number of nitrogens with one attached hydrogen (secondary N) is 1. The minimum atomic E-state index is -1.95. The Morgan fingerprint density at radius 2 is 1.64 bits per heavy atom. The molecule has 1 fully saturated rings. The van der Waals surface area contributed by atoms with E-state index in [0.29, 0.717) is 50.3 Å². The summed E-state index contributed by atoms with van der Waals surface area (Å²) in [5.41, 5.74) is -0.432. The Hall–Kier alpha value is -4.57. The first-order chi connectivity index (χ1) is 28.6. The molecule has 0 saturated carbocycles. The van der Waals surface area contributed by atoms with Gasteiger partial charge in [0, 0.05) is 87.7 Å². The highest BCUT2D eigenvalue weighted by atomic mass is 16.7. The monoisotopic (exact) mass is 848 g/mol. The van der Waals surface area contributed by atoms with Crippen LogP contribution in [-0.4, -0.2) is 106 Å². The fourth-order valence-corrected chi connectivity index (χ4v) is 9.50. The van der Waals surface area contributed by atoms with Gasteiger partial charge in [0.15, 0.2) is 11.4 Å². The molecular weight excluding hydrogens is 785 g/mol. The highest BCUT2D eigenvalue weighted by Gasteiger charge is 2.50. The number of nitrogens with zero attached hydrogens (tertiary/aromatic N) is 3. The topological polar surface area (TPSA) is 209 Å². The predicted octanol–water partition coefficient (Wildman–Crippen LogP) is 4.97. The Morgan fingerprint density at radius 1 is 0.984 bits per heavy atom. The van der Waals surface area contributed by atoms with Gasteiger partial charge in [0.2, 0.25) is 0 Å². The lowest BCUT2D eigenvalue weighted by atomic mass is 9.78. The van der Waals surface area contributed by atoms with Gasteiger partial charge in [-0.3, -0.25) is 24.4 Å². The highest BCUT2D eigenvalue weighted by Crippen LogP contribution is 2.50. The van der Waals surface area contributed by atoms with Crippen LogP contribution in [0.5, 0.6) is 17.2 Å². The second-order valence-corrected chi connectivity index (χ2v) is 18.3. The molecule has 334 valence electrons. The Bertz CT molecular complexity index is 2250. The van der Waals surface area contributed by atoms with E-state index >= 15 is 0 Å². The third-order valence-electron chi connectivity index (χ3n) is 13.2. The molecule has 0 aliphatic carbocycles. The zero-order chi connectivity index (χ0) is 44.9. The van der Waals surface area contributed by atoms with Crippen molar-refractivity contribution in [1.29, 1.82) is 0 Å². The number of aliphatic hydroxyl groups is 2. The fourth-order valence-electron chi connectivity index (χ4n) is 9.50. The Morgan fingerprint density at radius 3 is 2.26 bits per heavy atom. The quantitative estimate of drug-likeness (QED) is 0.204. The van der Waals surface area contributed by atoms with Crippen LogP contribution in [0.3, 0.4) is 0 Å². The number of benzene rings is 2. The van der Waals surface area contributed by atoms with E-state index in [2.05, 4.69) is 24.1 Å². The van der Waals surface area contributed by atoms with E-state index in [9.17, 15) is 34.8 Å². The van der Waals surface area contributed by atoms with Crippen LogP contribution >= 0.6 is 0 Å². The number of methoxy groups -OCH3 is 1. The number of anilines is 1. The van der Waals surface area contributed by atoms with Crippen molar-refractivity contribution in [3.63, 3.8) is 0 Å². The number of ketones is 1. The molecule has 1 saturated heterocycles. The summed E-state index contributed by atoms with van der Waals surface area (Å²) in [4.78, 5) is 53.7. The van der Waals surface area contributed by atoms with E-state index < -0.39 is 77.0 Å². The van der Waals surface area contributed by atoms with Crippen LogP contribution in [0.4, 0.5) is 5.69 Å². The van der Waals surface area contributed by atoms with Crippen LogP contribution in [0.15, 0.2) is 34.0 Å². The first-order valence-corrected chi connectivity index (χ1v) is 21.5.